The van der Waals surface area contributed by atoms with Crippen LogP contribution in [0.4, 0.5) is 0 Å². The Morgan fingerprint density at radius 3 is 2.83 bits per heavy atom. The van der Waals surface area contributed by atoms with Gasteiger partial charge < -0.3 is 5.32 Å². The van der Waals surface area contributed by atoms with Gasteiger partial charge in [0.25, 0.3) is 0 Å². The van der Waals surface area contributed by atoms with Crippen molar-refractivity contribution in [2.24, 2.45) is 0 Å². The highest BCUT2D eigenvalue weighted by atomic mass is 35.5. The smallest absolute Gasteiger partial charge is 0.233 e. The molecule has 2 rings (SSSR count). The maximum absolute atomic E-state index is 11.9. The normalized spacial score (nSPS) is 21.3. The van der Waals surface area contributed by atoms with E-state index < -0.39 is 0 Å². The highest BCUT2D eigenvalue weighted by Gasteiger charge is 2.22. The molecule has 0 radical (unpaired) electrons. The first kappa shape index (κ1) is 13.8. The summed E-state index contributed by atoms with van der Waals surface area (Å²) < 4.78 is 0. The first-order valence-electron chi connectivity index (χ1n) is 6.35. The van der Waals surface area contributed by atoms with Crippen LogP contribution in [0.5, 0.6) is 0 Å². The highest BCUT2D eigenvalue weighted by Crippen LogP contribution is 2.25. The number of hydrogen-bond acceptors (Lipinski definition) is 2. The molecule has 1 aromatic rings. The predicted octanol–water partition coefficient (Wildman–Crippen LogP) is 3.37. The Morgan fingerprint density at radius 1 is 1.39 bits per heavy atom. The lowest BCUT2D eigenvalue weighted by Crippen LogP contribution is -2.35. The number of carbonyl (C=O) groups is 1. The van der Waals surface area contributed by atoms with Crippen LogP contribution in [-0.4, -0.2) is 23.5 Å². The second-order valence-electron chi connectivity index (χ2n) is 4.48. The lowest BCUT2D eigenvalue weighted by Gasteiger charge is -2.21. The van der Waals surface area contributed by atoms with E-state index in [-0.39, 0.29) is 16.5 Å². The Bertz CT molecular complexity index is 379. The van der Waals surface area contributed by atoms with Gasteiger partial charge in [-0.15, -0.1) is 23.4 Å². The average molecular weight is 284 g/mol. The maximum atomic E-state index is 11.9. The molecule has 0 spiro atoms. The first-order chi connectivity index (χ1) is 8.77. The van der Waals surface area contributed by atoms with E-state index in [2.05, 4.69) is 5.32 Å². The molecule has 0 aromatic heterocycles. The monoisotopic (exact) mass is 283 g/mol. The molecular formula is C14H18ClNOS. The van der Waals surface area contributed by atoms with Gasteiger partial charge in [-0.1, -0.05) is 36.8 Å². The van der Waals surface area contributed by atoms with Gasteiger partial charge in [0.1, 0.15) is 0 Å². The second-order valence-corrected chi connectivity index (χ2v) is 6.32. The Kier molecular flexibility index (Phi) is 5.39. The molecule has 1 N–H and O–H groups in total. The summed E-state index contributed by atoms with van der Waals surface area (Å²) in [6, 6.07) is 9.86. The molecule has 4 heteroatoms. The summed E-state index contributed by atoms with van der Waals surface area (Å²) in [5.74, 6) is 1.24. The van der Waals surface area contributed by atoms with Gasteiger partial charge in [-0.25, -0.2) is 0 Å². The van der Waals surface area contributed by atoms with Crippen molar-refractivity contribution in [2.45, 2.75) is 29.9 Å². The molecule has 0 saturated carbocycles. The summed E-state index contributed by atoms with van der Waals surface area (Å²) in [7, 11) is 0. The van der Waals surface area contributed by atoms with E-state index in [0.29, 0.717) is 6.54 Å². The van der Waals surface area contributed by atoms with Gasteiger partial charge in [0.2, 0.25) is 5.91 Å². The molecule has 1 aliphatic heterocycles. The number of halogens is 1. The zero-order valence-electron chi connectivity index (χ0n) is 10.3. The van der Waals surface area contributed by atoms with Gasteiger partial charge >= 0.3 is 0 Å². The van der Waals surface area contributed by atoms with Gasteiger partial charge in [0.05, 0.1) is 10.6 Å². The van der Waals surface area contributed by atoms with Gasteiger partial charge in [-0.05, 0) is 24.2 Å². The lowest BCUT2D eigenvalue weighted by molar-refractivity contribution is -0.120. The van der Waals surface area contributed by atoms with Crippen LogP contribution >= 0.6 is 23.4 Å². The molecule has 1 heterocycles. The van der Waals surface area contributed by atoms with Crippen molar-refractivity contribution in [3.8, 4) is 0 Å². The minimum absolute atomic E-state index is 0.124. The fraction of sp³-hybridized carbons (Fsp3) is 0.500. The summed E-state index contributed by atoms with van der Waals surface area (Å²) in [5.41, 5.74) is 1.05. The number of amides is 1. The standard InChI is InChI=1S/C14H18ClNOS/c15-12(11-6-2-1-3-7-11)10-16-14(17)13-8-4-5-9-18-13/h1-3,6-7,12-13H,4-5,8-10H2,(H,16,17). The molecule has 0 aliphatic carbocycles. The van der Waals surface area contributed by atoms with Crippen molar-refractivity contribution in [2.75, 3.05) is 12.3 Å². The summed E-state index contributed by atoms with van der Waals surface area (Å²) in [4.78, 5) is 11.9. The molecule has 2 atom stereocenters. The summed E-state index contributed by atoms with van der Waals surface area (Å²) in [5, 5.41) is 2.93. The van der Waals surface area contributed by atoms with E-state index in [0.717, 1.165) is 24.2 Å². The van der Waals surface area contributed by atoms with Crippen LogP contribution < -0.4 is 5.32 Å². The lowest BCUT2D eigenvalue weighted by atomic mass is 10.1. The van der Waals surface area contributed by atoms with E-state index >= 15 is 0 Å². The molecule has 98 valence electrons. The number of carbonyl (C=O) groups excluding carboxylic acids is 1. The molecule has 2 nitrogen and oxygen atoms in total. The van der Waals surface area contributed by atoms with Crippen LogP contribution in [-0.2, 0) is 4.79 Å². The quantitative estimate of drug-likeness (QED) is 0.859. The third kappa shape index (κ3) is 3.92. The third-order valence-corrected chi connectivity index (χ3v) is 4.87. The molecule has 1 aliphatic rings. The van der Waals surface area contributed by atoms with Crippen LogP contribution in [0.25, 0.3) is 0 Å². The Balaban J connectivity index is 1.78. The largest absolute Gasteiger partial charge is 0.353 e. The van der Waals surface area contributed by atoms with Crippen molar-refractivity contribution in [3.63, 3.8) is 0 Å². The molecule has 1 aromatic carbocycles. The SMILES string of the molecule is O=C(NCC(Cl)c1ccccc1)C1CCCCS1. The minimum atomic E-state index is -0.149. The van der Waals surface area contributed by atoms with Crippen LogP contribution in [0, 0.1) is 0 Å². The number of nitrogens with one attached hydrogen (secondary N) is 1. The molecule has 2 unspecified atom stereocenters. The van der Waals surface area contributed by atoms with Crippen LogP contribution in [0.2, 0.25) is 0 Å². The number of alkyl halides is 1. The van der Waals surface area contributed by atoms with Crippen molar-refractivity contribution in [1.29, 1.82) is 0 Å². The number of rotatable bonds is 4. The highest BCUT2D eigenvalue weighted by molar-refractivity contribution is 8.00. The number of hydrogen-bond donors (Lipinski definition) is 1. The molecule has 1 amide bonds. The average Bonchev–Trinajstić information content (AvgIpc) is 2.46. The van der Waals surface area contributed by atoms with E-state index in [9.17, 15) is 4.79 Å². The van der Waals surface area contributed by atoms with E-state index in [4.69, 9.17) is 11.6 Å². The van der Waals surface area contributed by atoms with Crippen LogP contribution in [0.3, 0.4) is 0 Å². The first-order valence-corrected chi connectivity index (χ1v) is 7.84. The Labute approximate surface area is 117 Å². The summed E-state index contributed by atoms with van der Waals surface area (Å²) >= 11 is 8.03. The van der Waals surface area contributed by atoms with E-state index in [1.807, 2.05) is 30.3 Å². The Morgan fingerprint density at radius 2 is 2.17 bits per heavy atom. The predicted molar refractivity (Wildman–Crippen MR) is 78.1 cm³/mol. The van der Waals surface area contributed by atoms with Gasteiger partial charge in [-0.3, -0.25) is 4.79 Å². The number of benzene rings is 1. The number of thioether (sulfide) groups is 1. The third-order valence-electron chi connectivity index (χ3n) is 3.09. The van der Waals surface area contributed by atoms with Gasteiger partial charge in [0, 0.05) is 6.54 Å². The molecule has 1 fully saturated rings. The zero-order valence-corrected chi connectivity index (χ0v) is 11.8. The topological polar surface area (TPSA) is 29.1 Å². The van der Waals surface area contributed by atoms with Crippen LogP contribution in [0.1, 0.15) is 30.2 Å². The van der Waals surface area contributed by atoms with Crippen molar-refractivity contribution in [1.82, 2.24) is 5.32 Å². The zero-order chi connectivity index (χ0) is 12.8. The molecular weight excluding hydrogens is 266 g/mol. The minimum Gasteiger partial charge on any atom is -0.353 e. The second kappa shape index (κ2) is 7.05. The molecule has 0 bridgehead atoms. The maximum Gasteiger partial charge on any atom is 0.233 e. The van der Waals surface area contributed by atoms with Crippen molar-refractivity contribution < 1.29 is 4.79 Å². The van der Waals surface area contributed by atoms with Gasteiger partial charge in [0.15, 0.2) is 0 Å². The fourth-order valence-electron chi connectivity index (χ4n) is 2.03. The molecule has 1 saturated heterocycles. The fourth-order valence-corrected chi connectivity index (χ4v) is 3.48. The van der Waals surface area contributed by atoms with E-state index in [1.54, 1.807) is 11.8 Å². The van der Waals surface area contributed by atoms with Crippen molar-refractivity contribution in [3.05, 3.63) is 35.9 Å². The summed E-state index contributed by atoms with van der Waals surface area (Å²) in [6.07, 6.45) is 3.39. The summed E-state index contributed by atoms with van der Waals surface area (Å²) in [6.45, 7) is 0.501. The van der Waals surface area contributed by atoms with Crippen LogP contribution in [0.15, 0.2) is 30.3 Å². The molecule has 18 heavy (non-hydrogen) atoms. The Hall–Kier alpha value is -0.670. The van der Waals surface area contributed by atoms with E-state index in [1.165, 1.54) is 6.42 Å². The van der Waals surface area contributed by atoms with Crippen molar-refractivity contribution >= 4 is 29.3 Å². The van der Waals surface area contributed by atoms with Gasteiger partial charge in [-0.2, -0.15) is 0 Å².